The van der Waals surface area contributed by atoms with Crippen molar-refractivity contribution in [1.82, 2.24) is 0 Å². The predicted molar refractivity (Wildman–Crippen MR) is 68.9 cm³/mol. The molecule has 0 fully saturated rings. The molecule has 3 heteroatoms. The minimum absolute atomic E-state index is 0.0158. The molecule has 0 spiro atoms. The lowest BCUT2D eigenvalue weighted by atomic mass is 10.0. The monoisotopic (exact) mass is 230 g/mol. The second-order valence-electron chi connectivity index (χ2n) is 4.33. The summed E-state index contributed by atoms with van der Waals surface area (Å²) in [6.07, 6.45) is 0.548. The molecule has 1 rings (SSSR count). The molecule has 0 atom stereocenters. The standard InChI is InChI=1S/C14H18N2O/c1-10-8-12(3)13(9-11(10)2)16(4)14(17)6-5-7-15/h8-9H,5-6H2,1-4H3. The van der Waals surface area contributed by atoms with Crippen molar-refractivity contribution in [2.75, 3.05) is 11.9 Å². The Balaban J connectivity index is 2.97. The van der Waals surface area contributed by atoms with Gasteiger partial charge in [0, 0.05) is 25.6 Å². The molecular formula is C14H18N2O. The van der Waals surface area contributed by atoms with Gasteiger partial charge in [0.05, 0.1) is 6.07 Å². The van der Waals surface area contributed by atoms with E-state index in [2.05, 4.69) is 13.0 Å². The normalized spacial score (nSPS) is 9.82. The number of nitrogens with zero attached hydrogens (tertiary/aromatic N) is 2. The highest BCUT2D eigenvalue weighted by Gasteiger charge is 2.13. The number of carbonyl (C=O) groups is 1. The molecule has 90 valence electrons. The first-order chi connectivity index (χ1) is 7.97. The van der Waals surface area contributed by atoms with Crippen molar-refractivity contribution in [1.29, 1.82) is 5.26 Å². The van der Waals surface area contributed by atoms with Crippen LogP contribution in [0.2, 0.25) is 0 Å². The smallest absolute Gasteiger partial charge is 0.227 e. The van der Waals surface area contributed by atoms with E-state index in [9.17, 15) is 4.79 Å². The summed E-state index contributed by atoms with van der Waals surface area (Å²) in [7, 11) is 1.76. The largest absolute Gasteiger partial charge is 0.315 e. The molecule has 0 heterocycles. The summed E-state index contributed by atoms with van der Waals surface area (Å²) >= 11 is 0. The molecular weight excluding hydrogens is 212 g/mol. The van der Waals surface area contributed by atoms with E-state index in [1.165, 1.54) is 11.1 Å². The third kappa shape index (κ3) is 3.07. The van der Waals surface area contributed by atoms with Crippen molar-refractivity contribution in [3.63, 3.8) is 0 Å². The molecule has 3 nitrogen and oxygen atoms in total. The van der Waals surface area contributed by atoms with E-state index in [1.54, 1.807) is 11.9 Å². The highest BCUT2D eigenvalue weighted by Crippen LogP contribution is 2.23. The van der Waals surface area contributed by atoms with E-state index in [0.29, 0.717) is 0 Å². The van der Waals surface area contributed by atoms with E-state index < -0.39 is 0 Å². The van der Waals surface area contributed by atoms with E-state index in [1.807, 2.05) is 26.0 Å². The average Bonchev–Trinajstić information content (AvgIpc) is 2.29. The average molecular weight is 230 g/mol. The SMILES string of the molecule is Cc1cc(C)c(N(C)C(=O)CCC#N)cc1C. The van der Waals surface area contributed by atoms with Crippen LogP contribution in [0.25, 0.3) is 0 Å². The number of hydrogen-bond donors (Lipinski definition) is 0. The topological polar surface area (TPSA) is 44.1 Å². The summed E-state index contributed by atoms with van der Waals surface area (Å²) in [4.78, 5) is 13.5. The summed E-state index contributed by atoms with van der Waals surface area (Å²) in [5.41, 5.74) is 4.41. The van der Waals surface area contributed by atoms with Crippen LogP contribution in [0.1, 0.15) is 29.5 Å². The fourth-order valence-electron chi connectivity index (χ4n) is 1.77. The molecule has 0 aliphatic rings. The fraction of sp³-hybridized carbons (Fsp3) is 0.429. The first-order valence-electron chi connectivity index (χ1n) is 5.68. The number of benzene rings is 1. The molecule has 0 aromatic heterocycles. The Morgan fingerprint density at radius 1 is 1.24 bits per heavy atom. The Morgan fingerprint density at radius 2 is 1.82 bits per heavy atom. The van der Waals surface area contributed by atoms with Crippen LogP contribution in [-0.2, 0) is 4.79 Å². The molecule has 0 radical (unpaired) electrons. The maximum Gasteiger partial charge on any atom is 0.227 e. The third-order valence-electron chi connectivity index (χ3n) is 3.00. The quantitative estimate of drug-likeness (QED) is 0.801. The number of anilines is 1. The molecule has 0 N–H and O–H groups in total. The third-order valence-corrected chi connectivity index (χ3v) is 3.00. The number of nitriles is 1. The molecule has 17 heavy (non-hydrogen) atoms. The highest BCUT2D eigenvalue weighted by atomic mass is 16.2. The Hall–Kier alpha value is -1.82. The maximum atomic E-state index is 11.8. The van der Waals surface area contributed by atoms with Gasteiger partial charge in [-0.25, -0.2) is 0 Å². The molecule has 0 saturated heterocycles. The number of amides is 1. The van der Waals surface area contributed by atoms with Gasteiger partial charge in [-0.05, 0) is 43.5 Å². The number of carbonyl (C=O) groups excluding carboxylic acids is 1. The molecule has 0 bridgehead atoms. The number of rotatable bonds is 3. The van der Waals surface area contributed by atoms with Gasteiger partial charge in [0.15, 0.2) is 0 Å². The molecule has 1 aromatic carbocycles. The summed E-state index contributed by atoms with van der Waals surface area (Å²) < 4.78 is 0. The van der Waals surface area contributed by atoms with E-state index >= 15 is 0 Å². The fourth-order valence-corrected chi connectivity index (χ4v) is 1.77. The van der Waals surface area contributed by atoms with Crippen LogP contribution >= 0.6 is 0 Å². The minimum Gasteiger partial charge on any atom is -0.315 e. The second kappa shape index (κ2) is 5.49. The summed E-state index contributed by atoms with van der Waals surface area (Å²) in [6.45, 7) is 6.09. The van der Waals surface area contributed by atoms with Gasteiger partial charge >= 0.3 is 0 Å². The van der Waals surface area contributed by atoms with Gasteiger partial charge in [-0.1, -0.05) is 6.07 Å². The van der Waals surface area contributed by atoms with Gasteiger partial charge in [0.25, 0.3) is 0 Å². The van der Waals surface area contributed by atoms with Crippen molar-refractivity contribution in [2.24, 2.45) is 0 Å². The lowest BCUT2D eigenvalue weighted by Gasteiger charge is -2.20. The maximum absolute atomic E-state index is 11.8. The van der Waals surface area contributed by atoms with Crippen LogP contribution in [0, 0.1) is 32.1 Å². The number of hydrogen-bond acceptors (Lipinski definition) is 2. The van der Waals surface area contributed by atoms with E-state index in [0.717, 1.165) is 11.3 Å². The summed E-state index contributed by atoms with van der Waals surface area (Å²) in [5.74, 6) is -0.0158. The lowest BCUT2D eigenvalue weighted by Crippen LogP contribution is -2.26. The zero-order valence-electron chi connectivity index (χ0n) is 10.9. The van der Waals surface area contributed by atoms with Gasteiger partial charge in [0.2, 0.25) is 5.91 Å². The van der Waals surface area contributed by atoms with Gasteiger partial charge in [-0.2, -0.15) is 5.26 Å². The van der Waals surface area contributed by atoms with Crippen LogP contribution in [0.5, 0.6) is 0 Å². The van der Waals surface area contributed by atoms with Gasteiger partial charge < -0.3 is 4.90 Å². The van der Waals surface area contributed by atoms with Crippen molar-refractivity contribution < 1.29 is 4.79 Å². The van der Waals surface area contributed by atoms with Gasteiger partial charge in [-0.15, -0.1) is 0 Å². The molecule has 1 amide bonds. The Labute approximate surface area is 103 Å². The lowest BCUT2D eigenvalue weighted by molar-refractivity contribution is -0.118. The molecule has 0 unspecified atom stereocenters. The zero-order valence-corrected chi connectivity index (χ0v) is 10.9. The van der Waals surface area contributed by atoms with Gasteiger partial charge in [0.1, 0.15) is 0 Å². The van der Waals surface area contributed by atoms with Crippen molar-refractivity contribution in [3.8, 4) is 6.07 Å². The van der Waals surface area contributed by atoms with Crippen LogP contribution < -0.4 is 4.90 Å². The first-order valence-corrected chi connectivity index (χ1v) is 5.68. The second-order valence-corrected chi connectivity index (χ2v) is 4.33. The molecule has 0 saturated carbocycles. The Bertz CT molecular complexity index is 472. The van der Waals surface area contributed by atoms with Crippen LogP contribution in [0.4, 0.5) is 5.69 Å². The Kier molecular flexibility index (Phi) is 4.28. The van der Waals surface area contributed by atoms with Crippen molar-refractivity contribution >= 4 is 11.6 Å². The molecule has 1 aromatic rings. The van der Waals surface area contributed by atoms with Crippen molar-refractivity contribution in [3.05, 3.63) is 28.8 Å². The molecule has 0 aliphatic heterocycles. The van der Waals surface area contributed by atoms with Crippen LogP contribution in [0.3, 0.4) is 0 Å². The first kappa shape index (κ1) is 13.2. The van der Waals surface area contributed by atoms with E-state index in [4.69, 9.17) is 5.26 Å². The predicted octanol–water partition coefficient (Wildman–Crippen LogP) is 2.88. The van der Waals surface area contributed by atoms with Crippen LogP contribution in [-0.4, -0.2) is 13.0 Å². The van der Waals surface area contributed by atoms with Crippen LogP contribution in [0.15, 0.2) is 12.1 Å². The van der Waals surface area contributed by atoms with Gasteiger partial charge in [-0.3, -0.25) is 4.79 Å². The Morgan fingerprint density at radius 3 is 2.41 bits per heavy atom. The van der Waals surface area contributed by atoms with E-state index in [-0.39, 0.29) is 18.7 Å². The minimum atomic E-state index is -0.0158. The van der Waals surface area contributed by atoms with Crippen molar-refractivity contribution in [2.45, 2.75) is 33.6 Å². The summed E-state index contributed by atoms with van der Waals surface area (Å²) in [5, 5.41) is 8.48. The summed E-state index contributed by atoms with van der Waals surface area (Å²) in [6, 6.07) is 6.10. The zero-order chi connectivity index (χ0) is 13.0. The highest BCUT2D eigenvalue weighted by molar-refractivity contribution is 5.93. The molecule has 0 aliphatic carbocycles. The number of aryl methyl sites for hydroxylation is 3.